The van der Waals surface area contributed by atoms with Gasteiger partial charge in [-0.1, -0.05) is 30.3 Å². The van der Waals surface area contributed by atoms with E-state index in [4.69, 9.17) is 4.74 Å². The van der Waals surface area contributed by atoms with Crippen LogP contribution < -0.4 is 10.1 Å². The lowest BCUT2D eigenvalue weighted by Crippen LogP contribution is -2.39. The smallest absolute Gasteiger partial charge is 0.239 e. The molecule has 0 heterocycles. The summed E-state index contributed by atoms with van der Waals surface area (Å²) >= 11 is 0. The van der Waals surface area contributed by atoms with Crippen molar-refractivity contribution in [2.45, 2.75) is 20.0 Å². The average Bonchev–Trinajstić information content (AvgIpc) is 2.61. The lowest BCUT2D eigenvalue weighted by atomic mass is 10.2. The van der Waals surface area contributed by atoms with Crippen LogP contribution in [-0.4, -0.2) is 30.4 Å². The largest absolute Gasteiger partial charge is 0.497 e. The van der Waals surface area contributed by atoms with Gasteiger partial charge >= 0.3 is 0 Å². The molecule has 0 atom stereocenters. The number of nitrogens with zero attached hydrogens (tertiary/aromatic N) is 1. The third-order valence-corrected chi connectivity index (χ3v) is 3.75. The van der Waals surface area contributed by atoms with Gasteiger partial charge in [0.05, 0.1) is 13.7 Å². The second-order valence-corrected chi connectivity index (χ2v) is 5.59. The van der Waals surface area contributed by atoms with Crippen LogP contribution >= 0.6 is 0 Å². The highest BCUT2D eigenvalue weighted by atomic mass is 19.1. The normalized spacial score (nSPS) is 10.2. The minimum absolute atomic E-state index is 0.0831. The first-order chi connectivity index (χ1) is 12.0. The highest BCUT2D eigenvalue weighted by molar-refractivity contribution is 5.83. The fourth-order valence-electron chi connectivity index (χ4n) is 2.29. The number of hydrogen-bond acceptors (Lipinski definition) is 3. The van der Waals surface area contributed by atoms with E-state index >= 15 is 0 Å². The first-order valence-electron chi connectivity index (χ1n) is 7.88. The molecule has 2 aromatic carbocycles. The Hall–Kier alpha value is -2.89. The van der Waals surface area contributed by atoms with Gasteiger partial charge in [0.1, 0.15) is 11.6 Å². The Balaban J connectivity index is 1.92. The number of nitrogens with one attached hydrogen (secondary N) is 1. The Morgan fingerprint density at radius 2 is 1.80 bits per heavy atom. The summed E-state index contributed by atoms with van der Waals surface area (Å²) in [4.78, 5) is 25.3. The van der Waals surface area contributed by atoms with Crippen LogP contribution in [0, 0.1) is 5.82 Å². The summed E-state index contributed by atoms with van der Waals surface area (Å²) < 4.78 is 18.6. The van der Waals surface area contributed by atoms with E-state index in [1.165, 1.54) is 17.9 Å². The fraction of sp³-hybridized carbons (Fsp3) is 0.263. The number of hydrogen-bond donors (Lipinski definition) is 1. The molecule has 5 nitrogen and oxygen atoms in total. The van der Waals surface area contributed by atoms with Crippen LogP contribution in [0.1, 0.15) is 18.1 Å². The summed E-state index contributed by atoms with van der Waals surface area (Å²) in [7, 11) is 1.58. The van der Waals surface area contributed by atoms with Crippen LogP contribution in [0.3, 0.4) is 0 Å². The number of halogens is 1. The van der Waals surface area contributed by atoms with Gasteiger partial charge in [0.25, 0.3) is 0 Å². The zero-order chi connectivity index (χ0) is 18.2. The van der Waals surface area contributed by atoms with Crippen molar-refractivity contribution >= 4 is 11.8 Å². The maximum absolute atomic E-state index is 13.6. The number of carbonyl (C=O) groups is 2. The van der Waals surface area contributed by atoms with Crippen LogP contribution in [0.5, 0.6) is 5.75 Å². The van der Waals surface area contributed by atoms with Gasteiger partial charge in [-0.15, -0.1) is 0 Å². The summed E-state index contributed by atoms with van der Waals surface area (Å²) in [6, 6.07) is 13.5. The molecule has 1 N–H and O–H groups in total. The van der Waals surface area contributed by atoms with Crippen LogP contribution in [0.2, 0.25) is 0 Å². The molecule has 0 aliphatic rings. The molecule has 0 bridgehead atoms. The van der Waals surface area contributed by atoms with Crippen molar-refractivity contribution in [2.75, 3.05) is 13.7 Å². The fourth-order valence-corrected chi connectivity index (χ4v) is 2.29. The lowest BCUT2D eigenvalue weighted by Gasteiger charge is -2.21. The van der Waals surface area contributed by atoms with E-state index in [0.29, 0.717) is 12.1 Å². The predicted molar refractivity (Wildman–Crippen MR) is 92.3 cm³/mol. The van der Waals surface area contributed by atoms with E-state index in [2.05, 4.69) is 5.32 Å². The van der Waals surface area contributed by atoms with Crippen LogP contribution in [0.15, 0.2) is 48.5 Å². The predicted octanol–water partition coefficient (Wildman–Crippen LogP) is 2.50. The lowest BCUT2D eigenvalue weighted by molar-refractivity contribution is -0.135. The van der Waals surface area contributed by atoms with Gasteiger partial charge in [0, 0.05) is 25.6 Å². The molecule has 2 aromatic rings. The van der Waals surface area contributed by atoms with Crippen LogP contribution in [0.25, 0.3) is 0 Å². The number of benzene rings is 2. The first kappa shape index (κ1) is 18.4. The second-order valence-electron chi connectivity index (χ2n) is 5.59. The maximum Gasteiger partial charge on any atom is 0.239 e. The summed E-state index contributed by atoms with van der Waals surface area (Å²) in [6.45, 7) is 1.72. The van der Waals surface area contributed by atoms with E-state index in [1.54, 1.807) is 37.4 Å². The second kappa shape index (κ2) is 8.82. The molecule has 6 heteroatoms. The summed E-state index contributed by atoms with van der Waals surface area (Å²) in [5.74, 6) is -0.200. The number of ether oxygens (including phenoxy) is 1. The quantitative estimate of drug-likeness (QED) is 0.840. The minimum atomic E-state index is -0.371. The zero-order valence-electron chi connectivity index (χ0n) is 14.3. The number of carbonyl (C=O) groups excluding carboxylic acids is 2. The van der Waals surface area contributed by atoms with E-state index in [0.717, 1.165) is 11.3 Å². The Morgan fingerprint density at radius 1 is 1.12 bits per heavy atom. The molecular weight excluding hydrogens is 323 g/mol. The van der Waals surface area contributed by atoms with Gasteiger partial charge in [-0.25, -0.2) is 4.39 Å². The monoisotopic (exact) mass is 344 g/mol. The molecule has 132 valence electrons. The summed E-state index contributed by atoms with van der Waals surface area (Å²) in [6.07, 6.45) is 0. The van der Waals surface area contributed by atoms with E-state index in [9.17, 15) is 14.0 Å². The van der Waals surface area contributed by atoms with E-state index in [-0.39, 0.29) is 30.7 Å². The highest BCUT2D eigenvalue weighted by Crippen LogP contribution is 2.13. The van der Waals surface area contributed by atoms with Gasteiger partial charge < -0.3 is 15.0 Å². The average molecular weight is 344 g/mol. The standard InChI is InChI=1S/C19H21FN2O3/c1-14(23)22(12-15-7-9-17(25-2)10-8-15)13-19(24)21-11-16-5-3-4-6-18(16)20/h3-10H,11-13H2,1-2H3,(H,21,24). The highest BCUT2D eigenvalue weighted by Gasteiger charge is 2.14. The molecule has 0 saturated heterocycles. The molecule has 0 saturated carbocycles. The van der Waals surface area contributed by atoms with Crippen molar-refractivity contribution in [3.63, 3.8) is 0 Å². The van der Waals surface area contributed by atoms with Crippen molar-refractivity contribution in [1.29, 1.82) is 0 Å². The first-order valence-corrected chi connectivity index (χ1v) is 7.88. The van der Waals surface area contributed by atoms with Gasteiger partial charge in [0.2, 0.25) is 11.8 Å². The molecule has 0 aromatic heterocycles. The Labute approximate surface area is 146 Å². The Kier molecular flexibility index (Phi) is 6.51. The molecule has 2 rings (SSSR count). The van der Waals surface area contributed by atoms with Gasteiger partial charge in [-0.2, -0.15) is 0 Å². The zero-order valence-corrected chi connectivity index (χ0v) is 14.3. The molecule has 0 fully saturated rings. The molecule has 0 radical (unpaired) electrons. The Bertz CT molecular complexity index is 732. The summed E-state index contributed by atoms with van der Waals surface area (Å²) in [5, 5.41) is 2.64. The molecule has 0 unspecified atom stereocenters. The van der Waals surface area contributed by atoms with Crippen molar-refractivity contribution in [1.82, 2.24) is 10.2 Å². The van der Waals surface area contributed by atoms with Gasteiger partial charge in [0.15, 0.2) is 0 Å². The third-order valence-electron chi connectivity index (χ3n) is 3.75. The molecule has 2 amide bonds. The SMILES string of the molecule is COc1ccc(CN(CC(=O)NCc2ccccc2F)C(C)=O)cc1. The minimum Gasteiger partial charge on any atom is -0.497 e. The van der Waals surface area contributed by atoms with Crippen LogP contribution in [0.4, 0.5) is 4.39 Å². The molecule has 0 aliphatic heterocycles. The van der Waals surface area contributed by atoms with Crippen molar-refractivity contribution in [3.05, 3.63) is 65.5 Å². The Morgan fingerprint density at radius 3 is 2.40 bits per heavy atom. The topological polar surface area (TPSA) is 58.6 Å². The van der Waals surface area contributed by atoms with Crippen LogP contribution in [-0.2, 0) is 22.7 Å². The number of rotatable bonds is 7. The molecular formula is C19H21FN2O3. The molecule has 0 aliphatic carbocycles. The van der Waals surface area contributed by atoms with Crippen molar-refractivity contribution in [3.8, 4) is 5.75 Å². The molecule has 25 heavy (non-hydrogen) atoms. The maximum atomic E-state index is 13.6. The van der Waals surface area contributed by atoms with Gasteiger partial charge in [-0.3, -0.25) is 9.59 Å². The third kappa shape index (κ3) is 5.60. The number of amides is 2. The van der Waals surface area contributed by atoms with Gasteiger partial charge in [-0.05, 0) is 23.8 Å². The van der Waals surface area contributed by atoms with E-state index in [1.807, 2.05) is 12.1 Å². The molecule has 0 spiro atoms. The summed E-state index contributed by atoms with van der Waals surface area (Å²) in [5.41, 5.74) is 1.29. The van der Waals surface area contributed by atoms with E-state index < -0.39 is 0 Å². The van der Waals surface area contributed by atoms with Crippen molar-refractivity contribution in [2.24, 2.45) is 0 Å². The van der Waals surface area contributed by atoms with Crippen molar-refractivity contribution < 1.29 is 18.7 Å². The number of methoxy groups -OCH3 is 1.